The van der Waals surface area contributed by atoms with Crippen molar-refractivity contribution in [2.24, 2.45) is 5.41 Å². The van der Waals surface area contributed by atoms with Gasteiger partial charge in [-0.1, -0.05) is 20.8 Å². The van der Waals surface area contributed by atoms with Gasteiger partial charge in [-0.15, -0.1) is 0 Å². The van der Waals surface area contributed by atoms with Gasteiger partial charge in [0.05, 0.1) is 18.1 Å². The lowest BCUT2D eigenvalue weighted by molar-refractivity contribution is -0.137. The number of aromatic nitrogens is 1. The maximum Gasteiger partial charge on any atom is 0.305 e. The molecule has 5 heteroatoms. The van der Waals surface area contributed by atoms with Gasteiger partial charge < -0.3 is 10.4 Å². The highest BCUT2D eigenvalue weighted by atomic mass is 16.4. The SMILES string of the molecule is CC(C)(C)C(CC(=O)O)Nc1cc(C#N)ccn1. The number of rotatable bonds is 4. The summed E-state index contributed by atoms with van der Waals surface area (Å²) in [7, 11) is 0. The van der Waals surface area contributed by atoms with Crippen LogP contribution in [0.2, 0.25) is 0 Å². The number of anilines is 1. The summed E-state index contributed by atoms with van der Waals surface area (Å²) in [6, 6.07) is 4.99. The lowest BCUT2D eigenvalue weighted by Crippen LogP contribution is -2.36. The molecule has 1 atom stereocenters. The van der Waals surface area contributed by atoms with Crippen LogP contribution < -0.4 is 5.32 Å². The third kappa shape index (κ3) is 4.06. The Morgan fingerprint density at radius 1 is 1.61 bits per heavy atom. The van der Waals surface area contributed by atoms with Crippen molar-refractivity contribution in [3.05, 3.63) is 23.9 Å². The number of carbonyl (C=O) groups is 1. The predicted molar refractivity (Wildman–Crippen MR) is 68.1 cm³/mol. The maximum absolute atomic E-state index is 10.9. The van der Waals surface area contributed by atoms with E-state index in [0.29, 0.717) is 11.4 Å². The number of hydrogen-bond acceptors (Lipinski definition) is 4. The van der Waals surface area contributed by atoms with E-state index in [4.69, 9.17) is 10.4 Å². The zero-order valence-corrected chi connectivity index (χ0v) is 10.8. The van der Waals surface area contributed by atoms with Crippen molar-refractivity contribution in [2.75, 3.05) is 5.32 Å². The molecule has 5 nitrogen and oxygen atoms in total. The van der Waals surface area contributed by atoms with Crippen molar-refractivity contribution in [1.82, 2.24) is 4.98 Å². The molecule has 0 amide bonds. The van der Waals surface area contributed by atoms with Crippen LogP contribution in [-0.4, -0.2) is 22.1 Å². The number of hydrogen-bond donors (Lipinski definition) is 2. The van der Waals surface area contributed by atoms with Gasteiger partial charge in [-0.3, -0.25) is 4.79 Å². The minimum absolute atomic E-state index is 0.00195. The molecule has 0 bridgehead atoms. The van der Waals surface area contributed by atoms with Crippen molar-refractivity contribution in [3.63, 3.8) is 0 Å². The molecule has 2 N–H and O–H groups in total. The Kier molecular flexibility index (Phi) is 4.27. The second-order valence-electron chi connectivity index (χ2n) is 5.20. The van der Waals surface area contributed by atoms with E-state index in [9.17, 15) is 4.79 Å². The Morgan fingerprint density at radius 3 is 2.78 bits per heavy atom. The van der Waals surface area contributed by atoms with Crippen molar-refractivity contribution in [2.45, 2.75) is 33.2 Å². The van der Waals surface area contributed by atoms with Crippen LogP contribution in [-0.2, 0) is 4.79 Å². The van der Waals surface area contributed by atoms with E-state index in [0.717, 1.165) is 0 Å². The van der Waals surface area contributed by atoms with Gasteiger partial charge in [0.2, 0.25) is 0 Å². The van der Waals surface area contributed by atoms with Gasteiger partial charge in [-0.05, 0) is 17.5 Å². The lowest BCUT2D eigenvalue weighted by atomic mass is 9.85. The average molecular weight is 247 g/mol. The summed E-state index contributed by atoms with van der Waals surface area (Å²) in [6.07, 6.45) is 1.53. The zero-order valence-electron chi connectivity index (χ0n) is 10.8. The van der Waals surface area contributed by atoms with Crippen LogP contribution in [0.5, 0.6) is 0 Å². The van der Waals surface area contributed by atoms with Gasteiger partial charge in [0.25, 0.3) is 0 Å². The van der Waals surface area contributed by atoms with Crippen molar-refractivity contribution < 1.29 is 9.90 Å². The average Bonchev–Trinajstić information content (AvgIpc) is 2.26. The van der Waals surface area contributed by atoms with Crippen LogP contribution in [0.25, 0.3) is 0 Å². The Morgan fingerprint density at radius 2 is 2.28 bits per heavy atom. The number of nitrogens with zero attached hydrogens (tertiary/aromatic N) is 2. The molecule has 0 saturated carbocycles. The molecule has 1 rings (SSSR count). The molecule has 1 heterocycles. The first-order chi connectivity index (χ1) is 8.32. The third-order valence-electron chi connectivity index (χ3n) is 2.64. The lowest BCUT2D eigenvalue weighted by Gasteiger charge is -2.30. The smallest absolute Gasteiger partial charge is 0.305 e. The number of pyridine rings is 1. The summed E-state index contributed by atoms with van der Waals surface area (Å²) in [6.45, 7) is 5.88. The molecule has 0 aliphatic rings. The molecule has 96 valence electrons. The molecule has 1 unspecified atom stereocenters. The fourth-order valence-electron chi connectivity index (χ4n) is 1.51. The summed E-state index contributed by atoms with van der Waals surface area (Å²) in [5.74, 6) is -0.339. The van der Waals surface area contributed by atoms with Crippen molar-refractivity contribution in [3.8, 4) is 6.07 Å². The minimum atomic E-state index is -0.862. The van der Waals surface area contributed by atoms with Gasteiger partial charge >= 0.3 is 5.97 Å². The molecule has 0 aliphatic heterocycles. The Hall–Kier alpha value is -2.09. The van der Waals surface area contributed by atoms with E-state index in [1.807, 2.05) is 26.8 Å². The molecule has 0 aliphatic carbocycles. The standard InChI is InChI=1S/C13H17N3O2/c1-13(2,3)10(7-12(17)18)16-11-6-9(8-14)4-5-15-11/h4-6,10H,7H2,1-3H3,(H,15,16)(H,17,18). The monoisotopic (exact) mass is 247 g/mol. The summed E-state index contributed by atoms with van der Waals surface area (Å²) in [5, 5.41) is 20.8. The van der Waals surface area contributed by atoms with Gasteiger partial charge in [0, 0.05) is 12.2 Å². The molecule has 0 spiro atoms. The Labute approximate surface area is 106 Å². The van der Waals surface area contributed by atoms with Crippen LogP contribution in [0.15, 0.2) is 18.3 Å². The van der Waals surface area contributed by atoms with Gasteiger partial charge in [0.1, 0.15) is 5.82 Å². The van der Waals surface area contributed by atoms with Crippen LogP contribution >= 0.6 is 0 Å². The number of aliphatic carboxylic acids is 1. The van der Waals surface area contributed by atoms with Gasteiger partial charge in [0.15, 0.2) is 0 Å². The van der Waals surface area contributed by atoms with Crippen molar-refractivity contribution in [1.29, 1.82) is 5.26 Å². The summed E-state index contributed by atoms with van der Waals surface area (Å²) in [5.41, 5.74) is 0.276. The molecule has 18 heavy (non-hydrogen) atoms. The fourth-order valence-corrected chi connectivity index (χ4v) is 1.51. The zero-order chi connectivity index (χ0) is 13.8. The van der Waals surface area contributed by atoms with Crippen molar-refractivity contribution >= 4 is 11.8 Å². The van der Waals surface area contributed by atoms with E-state index < -0.39 is 5.97 Å². The first kappa shape index (κ1) is 14.0. The first-order valence-electron chi connectivity index (χ1n) is 5.67. The molecule has 1 aromatic rings. The second kappa shape index (κ2) is 5.50. The normalized spacial score (nSPS) is 12.6. The highest BCUT2D eigenvalue weighted by Crippen LogP contribution is 2.25. The molecule has 0 aromatic carbocycles. The second-order valence-corrected chi connectivity index (χ2v) is 5.20. The molecule has 0 fully saturated rings. The first-order valence-corrected chi connectivity index (χ1v) is 5.67. The van der Waals surface area contributed by atoms with E-state index in [1.165, 1.54) is 6.20 Å². The van der Waals surface area contributed by atoms with E-state index in [1.54, 1.807) is 12.1 Å². The van der Waals surface area contributed by atoms with E-state index in [-0.39, 0.29) is 17.9 Å². The Bertz CT molecular complexity index is 472. The summed E-state index contributed by atoms with van der Waals surface area (Å²) >= 11 is 0. The van der Waals surface area contributed by atoms with E-state index >= 15 is 0 Å². The van der Waals surface area contributed by atoms with Crippen LogP contribution in [0.1, 0.15) is 32.8 Å². The number of nitriles is 1. The number of carboxylic acid groups (broad SMARTS) is 1. The third-order valence-corrected chi connectivity index (χ3v) is 2.64. The molecular weight excluding hydrogens is 230 g/mol. The largest absolute Gasteiger partial charge is 0.481 e. The summed E-state index contributed by atoms with van der Waals surface area (Å²) in [4.78, 5) is 14.9. The van der Waals surface area contributed by atoms with Crippen LogP contribution in [0.4, 0.5) is 5.82 Å². The topological polar surface area (TPSA) is 86.0 Å². The molecular formula is C13H17N3O2. The number of carboxylic acids is 1. The summed E-state index contributed by atoms with van der Waals surface area (Å²) < 4.78 is 0. The number of nitrogens with one attached hydrogen (secondary N) is 1. The van der Waals surface area contributed by atoms with Gasteiger partial charge in [-0.2, -0.15) is 5.26 Å². The maximum atomic E-state index is 10.9. The fraction of sp³-hybridized carbons (Fsp3) is 0.462. The minimum Gasteiger partial charge on any atom is -0.481 e. The molecule has 1 aromatic heterocycles. The highest BCUT2D eigenvalue weighted by molar-refractivity contribution is 5.68. The quantitative estimate of drug-likeness (QED) is 0.852. The molecule has 0 saturated heterocycles. The predicted octanol–water partition coefficient (Wildman–Crippen LogP) is 2.25. The van der Waals surface area contributed by atoms with Gasteiger partial charge in [-0.25, -0.2) is 4.98 Å². The van der Waals surface area contributed by atoms with Crippen LogP contribution in [0.3, 0.4) is 0 Å². The Balaban J connectivity index is 2.89. The van der Waals surface area contributed by atoms with E-state index in [2.05, 4.69) is 10.3 Å². The van der Waals surface area contributed by atoms with Crippen LogP contribution in [0, 0.1) is 16.7 Å². The molecule has 0 radical (unpaired) electrons. The highest BCUT2D eigenvalue weighted by Gasteiger charge is 2.27.